The fourth-order valence-electron chi connectivity index (χ4n) is 3.91. The molecule has 0 saturated carbocycles. The van der Waals surface area contributed by atoms with Gasteiger partial charge in [0.05, 0.1) is 19.6 Å². The van der Waals surface area contributed by atoms with Crippen LogP contribution < -0.4 is 0 Å². The van der Waals surface area contributed by atoms with Gasteiger partial charge in [-0.15, -0.1) is 0 Å². The van der Waals surface area contributed by atoms with Crippen molar-refractivity contribution in [1.29, 1.82) is 0 Å². The van der Waals surface area contributed by atoms with Gasteiger partial charge in [-0.25, -0.2) is 9.59 Å². The van der Waals surface area contributed by atoms with E-state index in [1.807, 2.05) is 41.5 Å². The van der Waals surface area contributed by atoms with Crippen LogP contribution in [0.15, 0.2) is 0 Å². The van der Waals surface area contributed by atoms with Crippen molar-refractivity contribution in [3.8, 4) is 0 Å². The molecule has 0 aromatic carbocycles. The number of hydrogen-bond donors (Lipinski definition) is 0. The number of ether oxygens (including phenoxy) is 4. The van der Waals surface area contributed by atoms with Crippen molar-refractivity contribution in [2.24, 2.45) is 11.8 Å². The highest BCUT2D eigenvalue weighted by Gasteiger charge is 2.28. The fraction of sp³-hybridized carbons (Fsp3) is 0.880. The van der Waals surface area contributed by atoms with Gasteiger partial charge in [0.25, 0.3) is 0 Å². The van der Waals surface area contributed by atoms with Gasteiger partial charge in [-0.05, 0) is 79.1 Å². The van der Waals surface area contributed by atoms with Crippen LogP contribution in [0.3, 0.4) is 0 Å². The predicted molar refractivity (Wildman–Crippen MR) is 127 cm³/mol. The number of likely N-dealkylation sites (tertiary alicyclic amines) is 2. The number of nitrogens with zero attached hydrogens (tertiary/aromatic N) is 2. The summed E-state index contributed by atoms with van der Waals surface area (Å²) in [6, 6.07) is 0. The Hall–Kier alpha value is -2.03. The van der Waals surface area contributed by atoms with Crippen molar-refractivity contribution in [2.45, 2.75) is 84.8 Å². The molecule has 0 atom stereocenters. The van der Waals surface area contributed by atoms with Gasteiger partial charge in [0, 0.05) is 32.8 Å². The van der Waals surface area contributed by atoms with Crippen LogP contribution in [0.4, 0.5) is 9.59 Å². The van der Waals surface area contributed by atoms with Crippen LogP contribution in [0.5, 0.6) is 0 Å². The first-order valence-electron chi connectivity index (χ1n) is 12.5. The third-order valence-corrected chi connectivity index (χ3v) is 5.82. The van der Waals surface area contributed by atoms with Gasteiger partial charge < -0.3 is 28.7 Å². The molecule has 0 radical (unpaired) electrons. The highest BCUT2D eigenvalue weighted by Crippen LogP contribution is 2.21. The molecule has 2 rings (SSSR count). The Labute approximate surface area is 204 Å². The number of rotatable bonds is 7. The average Bonchev–Trinajstić information content (AvgIpc) is 2.73. The molecule has 2 saturated heterocycles. The minimum atomic E-state index is -0.497. The molecule has 0 aromatic heterocycles. The Morgan fingerprint density at radius 2 is 1.12 bits per heavy atom. The van der Waals surface area contributed by atoms with Crippen LogP contribution in [-0.2, 0) is 23.7 Å². The lowest BCUT2D eigenvalue weighted by atomic mass is 9.98. The topological polar surface area (TPSA) is 94.6 Å². The van der Waals surface area contributed by atoms with E-state index in [2.05, 4.69) is 0 Å². The predicted octanol–water partition coefficient (Wildman–Crippen LogP) is 4.23. The zero-order chi connectivity index (χ0) is 25.4. The first-order chi connectivity index (χ1) is 15.8. The molecular weight excluding hydrogens is 440 g/mol. The molecule has 0 unspecified atom stereocenters. The Bertz CT molecular complexity index is 668. The highest BCUT2D eigenvalue weighted by atomic mass is 16.6. The summed E-state index contributed by atoms with van der Waals surface area (Å²) in [7, 11) is 0. The Balaban J connectivity index is 1.51. The standard InChI is InChI=1S/C25H44N2O7/c1-24(2,3)33-22(29)26-12-7-19(8-13-26)17-31-16-11-21(28)32-18-20-9-14-27(15-10-20)23(30)34-25(4,5)6/h19-20H,7-18H2,1-6H3. The molecule has 0 spiro atoms. The van der Waals surface area contributed by atoms with Crippen LogP contribution in [0.2, 0.25) is 0 Å². The normalized spacial score (nSPS) is 18.5. The van der Waals surface area contributed by atoms with E-state index in [0.29, 0.717) is 51.9 Å². The lowest BCUT2D eigenvalue weighted by Crippen LogP contribution is -2.42. The van der Waals surface area contributed by atoms with Crippen LogP contribution in [0.1, 0.15) is 73.6 Å². The van der Waals surface area contributed by atoms with Gasteiger partial charge in [0.1, 0.15) is 11.2 Å². The molecule has 2 aliphatic rings. The monoisotopic (exact) mass is 484 g/mol. The third kappa shape index (κ3) is 10.9. The Morgan fingerprint density at radius 1 is 0.706 bits per heavy atom. The maximum Gasteiger partial charge on any atom is 0.410 e. The van der Waals surface area contributed by atoms with Gasteiger partial charge in [-0.2, -0.15) is 0 Å². The van der Waals surface area contributed by atoms with Gasteiger partial charge >= 0.3 is 18.2 Å². The number of carbonyl (C=O) groups is 3. The summed E-state index contributed by atoms with van der Waals surface area (Å²) in [6.07, 6.45) is 3.02. The summed E-state index contributed by atoms with van der Waals surface area (Å²) in [5, 5.41) is 0. The highest BCUT2D eigenvalue weighted by molar-refractivity contribution is 5.69. The van der Waals surface area contributed by atoms with Crippen LogP contribution in [0, 0.1) is 11.8 Å². The molecule has 0 N–H and O–H groups in total. The van der Waals surface area contributed by atoms with Gasteiger partial charge in [0.15, 0.2) is 0 Å². The summed E-state index contributed by atoms with van der Waals surface area (Å²) < 4.78 is 21.9. The van der Waals surface area contributed by atoms with E-state index < -0.39 is 11.2 Å². The molecule has 2 aliphatic heterocycles. The molecule has 9 heteroatoms. The van der Waals surface area contributed by atoms with Crippen LogP contribution >= 0.6 is 0 Å². The Kier molecular flexibility index (Phi) is 10.5. The summed E-state index contributed by atoms with van der Waals surface area (Å²) >= 11 is 0. The zero-order valence-electron chi connectivity index (χ0n) is 21.9. The summed E-state index contributed by atoms with van der Waals surface area (Å²) in [4.78, 5) is 39.8. The second-order valence-electron chi connectivity index (χ2n) is 11.3. The first-order valence-corrected chi connectivity index (χ1v) is 12.5. The van der Waals surface area contributed by atoms with E-state index >= 15 is 0 Å². The summed E-state index contributed by atoms with van der Waals surface area (Å²) in [6.45, 7) is 15.0. The number of carbonyl (C=O) groups excluding carboxylic acids is 3. The summed E-state index contributed by atoms with van der Waals surface area (Å²) in [5.74, 6) is 0.387. The third-order valence-electron chi connectivity index (χ3n) is 5.82. The lowest BCUT2D eigenvalue weighted by molar-refractivity contribution is -0.146. The lowest BCUT2D eigenvalue weighted by Gasteiger charge is -2.33. The second-order valence-corrected chi connectivity index (χ2v) is 11.3. The van der Waals surface area contributed by atoms with E-state index in [9.17, 15) is 14.4 Å². The Morgan fingerprint density at radius 3 is 1.53 bits per heavy atom. The zero-order valence-corrected chi connectivity index (χ0v) is 21.9. The smallest absolute Gasteiger partial charge is 0.410 e. The van der Waals surface area contributed by atoms with E-state index in [1.54, 1.807) is 9.80 Å². The summed E-state index contributed by atoms with van der Waals surface area (Å²) in [5.41, 5.74) is -0.980. The van der Waals surface area contributed by atoms with Crippen molar-refractivity contribution in [1.82, 2.24) is 9.80 Å². The van der Waals surface area contributed by atoms with Crippen LogP contribution in [-0.4, -0.2) is 85.2 Å². The minimum absolute atomic E-state index is 0.230. The molecular formula is C25H44N2O7. The fourth-order valence-corrected chi connectivity index (χ4v) is 3.91. The SMILES string of the molecule is CC(C)(C)OC(=O)N1CCC(COCCC(=O)OCC2CCN(C(=O)OC(C)(C)C)CC2)CC1. The maximum atomic E-state index is 12.1. The van der Waals surface area contributed by atoms with Crippen molar-refractivity contribution in [3.63, 3.8) is 0 Å². The number of amides is 2. The van der Waals surface area contributed by atoms with Crippen molar-refractivity contribution < 1.29 is 33.3 Å². The molecule has 196 valence electrons. The average molecular weight is 485 g/mol. The number of hydrogen-bond acceptors (Lipinski definition) is 7. The molecule has 2 heterocycles. The van der Waals surface area contributed by atoms with Gasteiger partial charge in [0.2, 0.25) is 0 Å². The molecule has 0 bridgehead atoms. The molecule has 2 fully saturated rings. The quantitative estimate of drug-likeness (QED) is 0.303. The van der Waals surface area contributed by atoms with Crippen molar-refractivity contribution >= 4 is 18.2 Å². The van der Waals surface area contributed by atoms with Gasteiger partial charge in [-0.3, -0.25) is 4.79 Å². The van der Waals surface area contributed by atoms with Crippen LogP contribution in [0.25, 0.3) is 0 Å². The van der Waals surface area contributed by atoms with E-state index in [4.69, 9.17) is 18.9 Å². The number of esters is 1. The molecule has 34 heavy (non-hydrogen) atoms. The second kappa shape index (κ2) is 12.6. The van der Waals surface area contributed by atoms with Crippen molar-refractivity contribution in [2.75, 3.05) is 46.0 Å². The van der Waals surface area contributed by atoms with Crippen molar-refractivity contribution in [3.05, 3.63) is 0 Å². The van der Waals surface area contributed by atoms with E-state index in [0.717, 1.165) is 25.7 Å². The largest absolute Gasteiger partial charge is 0.465 e. The molecule has 0 aliphatic carbocycles. The van der Waals surface area contributed by atoms with E-state index in [1.165, 1.54) is 0 Å². The molecule has 9 nitrogen and oxygen atoms in total. The molecule has 2 amide bonds. The van der Waals surface area contributed by atoms with E-state index in [-0.39, 0.29) is 30.5 Å². The first kappa shape index (κ1) is 28.2. The molecule has 0 aromatic rings. The number of piperidine rings is 2. The minimum Gasteiger partial charge on any atom is -0.465 e. The maximum absolute atomic E-state index is 12.1. The van der Waals surface area contributed by atoms with Gasteiger partial charge in [-0.1, -0.05) is 0 Å².